The van der Waals surface area contributed by atoms with Crippen LogP contribution in [-0.4, -0.2) is 35.9 Å². The maximum absolute atomic E-state index is 13.3. The van der Waals surface area contributed by atoms with Gasteiger partial charge in [-0.05, 0) is 65.4 Å². The van der Waals surface area contributed by atoms with Gasteiger partial charge in [0.15, 0.2) is 6.61 Å². The molecule has 0 aromatic heterocycles. The molecule has 0 fully saturated rings. The fraction of sp³-hybridized carbons (Fsp3) is 0.462. The number of hydrogen-bond donors (Lipinski definition) is 1. The van der Waals surface area contributed by atoms with E-state index in [0.717, 1.165) is 34.9 Å². The normalized spacial score (nSPS) is 11.7. The van der Waals surface area contributed by atoms with Crippen molar-refractivity contribution in [2.75, 3.05) is 13.2 Å². The topological polar surface area (TPSA) is 58.6 Å². The molecule has 5 nitrogen and oxygen atoms in total. The summed E-state index contributed by atoms with van der Waals surface area (Å²) in [5.41, 5.74) is 3.32. The standard InChI is InChI=1S/C26H35BrN2O3/c1-5-8-15-28-26(31)23(7-3)29(17-21-11-9-19(4)10-12-21)25(30)18-32-24-14-13-20(6-2)16-22(24)27/h9-14,16,23H,5-8,15,17-18H2,1-4H3,(H,28,31)/t23-/m1/s1. The van der Waals surface area contributed by atoms with E-state index >= 15 is 0 Å². The van der Waals surface area contributed by atoms with Gasteiger partial charge in [0.2, 0.25) is 5.91 Å². The van der Waals surface area contributed by atoms with Gasteiger partial charge in [0, 0.05) is 13.1 Å². The van der Waals surface area contributed by atoms with E-state index in [2.05, 4.69) is 35.1 Å². The Labute approximate surface area is 200 Å². The van der Waals surface area contributed by atoms with E-state index in [1.54, 1.807) is 4.90 Å². The molecular formula is C26H35BrN2O3. The van der Waals surface area contributed by atoms with Crippen LogP contribution in [0.5, 0.6) is 5.75 Å². The number of unbranched alkanes of at least 4 members (excludes halogenated alkanes) is 1. The molecule has 0 aliphatic heterocycles. The molecule has 2 aromatic carbocycles. The SMILES string of the molecule is CCCCNC(=O)[C@@H](CC)N(Cc1ccc(C)cc1)C(=O)COc1ccc(CC)cc1Br. The largest absolute Gasteiger partial charge is 0.483 e. The number of aryl methyl sites for hydroxylation is 2. The van der Waals surface area contributed by atoms with Gasteiger partial charge in [0.05, 0.1) is 4.47 Å². The van der Waals surface area contributed by atoms with E-state index in [0.29, 0.717) is 25.3 Å². The molecule has 1 atom stereocenters. The Morgan fingerprint density at radius 3 is 2.34 bits per heavy atom. The third-order valence-corrected chi connectivity index (χ3v) is 6.06. The van der Waals surface area contributed by atoms with Crippen LogP contribution in [0.25, 0.3) is 0 Å². The van der Waals surface area contributed by atoms with E-state index in [4.69, 9.17) is 4.74 Å². The number of rotatable bonds is 12. The Kier molecular flexibility index (Phi) is 10.7. The molecule has 0 radical (unpaired) electrons. The molecule has 32 heavy (non-hydrogen) atoms. The number of ether oxygens (including phenoxy) is 1. The van der Waals surface area contributed by atoms with E-state index in [-0.39, 0.29) is 18.4 Å². The minimum atomic E-state index is -0.546. The predicted octanol–water partition coefficient (Wildman–Crippen LogP) is 5.42. The Morgan fingerprint density at radius 1 is 1.06 bits per heavy atom. The van der Waals surface area contributed by atoms with Crippen molar-refractivity contribution < 1.29 is 14.3 Å². The highest BCUT2D eigenvalue weighted by atomic mass is 79.9. The fourth-order valence-electron chi connectivity index (χ4n) is 3.42. The third-order valence-electron chi connectivity index (χ3n) is 5.44. The first kappa shape index (κ1) is 25.9. The van der Waals surface area contributed by atoms with Crippen molar-refractivity contribution in [2.45, 2.75) is 66.0 Å². The minimum absolute atomic E-state index is 0.116. The van der Waals surface area contributed by atoms with Gasteiger partial charge < -0.3 is 15.0 Å². The van der Waals surface area contributed by atoms with Crippen molar-refractivity contribution in [3.8, 4) is 5.75 Å². The van der Waals surface area contributed by atoms with Crippen LogP contribution < -0.4 is 10.1 Å². The number of carbonyl (C=O) groups is 2. The van der Waals surface area contributed by atoms with Crippen molar-refractivity contribution in [1.29, 1.82) is 0 Å². The molecule has 0 bridgehead atoms. The summed E-state index contributed by atoms with van der Waals surface area (Å²) in [6.45, 7) is 8.97. The second-order valence-electron chi connectivity index (χ2n) is 7.98. The molecule has 0 saturated heterocycles. The van der Waals surface area contributed by atoms with Crippen molar-refractivity contribution in [2.24, 2.45) is 0 Å². The fourth-order valence-corrected chi connectivity index (χ4v) is 3.96. The molecule has 0 unspecified atom stereocenters. The maximum atomic E-state index is 13.3. The Morgan fingerprint density at radius 2 is 1.75 bits per heavy atom. The van der Waals surface area contributed by atoms with E-state index in [9.17, 15) is 9.59 Å². The number of carbonyl (C=O) groups excluding carboxylic acids is 2. The highest BCUT2D eigenvalue weighted by molar-refractivity contribution is 9.10. The van der Waals surface area contributed by atoms with Crippen LogP contribution >= 0.6 is 15.9 Å². The van der Waals surface area contributed by atoms with Crippen LogP contribution in [0.4, 0.5) is 0 Å². The van der Waals surface area contributed by atoms with E-state index < -0.39 is 6.04 Å². The number of halogens is 1. The summed E-state index contributed by atoms with van der Waals surface area (Å²) in [5.74, 6) is 0.288. The quantitative estimate of drug-likeness (QED) is 0.394. The number of nitrogens with zero attached hydrogens (tertiary/aromatic N) is 1. The first-order chi connectivity index (χ1) is 15.4. The van der Waals surface area contributed by atoms with Crippen LogP contribution in [0.15, 0.2) is 46.9 Å². The molecule has 0 spiro atoms. The molecule has 2 rings (SSSR count). The van der Waals surface area contributed by atoms with Gasteiger partial charge in [-0.1, -0.05) is 63.1 Å². The van der Waals surface area contributed by atoms with E-state index in [1.807, 2.05) is 56.3 Å². The molecule has 6 heteroatoms. The van der Waals surface area contributed by atoms with Crippen molar-refractivity contribution in [1.82, 2.24) is 10.2 Å². The van der Waals surface area contributed by atoms with Crippen LogP contribution in [0.3, 0.4) is 0 Å². The molecule has 1 N–H and O–H groups in total. The lowest BCUT2D eigenvalue weighted by atomic mass is 10.1. The number of amides is 2. The molecular weight excluding hydrogens is 468 g/mol. The summed E-state index contributed by atoms with van der Waals surface area (Å²) < 4.78 is 6.66. The van der Waals surface area contributed by atoms with Crippen LogP contribution in [0.1, 0.15) is 56.7 Å². The van der Waals surface area contributed by atoms with Crippen molar-refractivity contribution in [3.05, 3.63) is 63.6 Å². The zero-order valence-electron chi connectivity index (χ0n) is 19.6. The highest BCUT2D eigenvalue weighted by Gasteiger charge is 2.28. The van der Waals surface area contributed by atoms with Gasteiger partial charge in [-0.3, -0.25) is 9.59 Å². The lowest BCUT2D eigenvalue weighted by molar-refractivity contribution is -0.143. The van der Waals surface area contributed by atoms with Gasteiger partial charge >= 0.3 is 0 Å². The van der Waals surface area contributed by atoms with Crippen molar-refractivity contribution >= 4 is 27.7 Å². The van der Waals surface area contributed by atoms with E-state index in [1.165, 1.54) is 5.56 Å². The summed E-state index contributed by atoms with van der Waals surface area (Å²) >= 11 is 3.52. The number of nitrogens with one attached hydrogen (secondary N) is 1. The molecule has 2 aromatic rings. The Balaban J connectivity index is 2.18. The number of hydrogen-bond acceptors (Lipinski definition) is 3. The first-order valence-electron chi connectivity index (χ1n) is 11.4. The van der Waals surface area contributed by atoms with Gasteiger partial charge in [0.25, 0.3) is 5.91 Å². The molecule has 0 aliphatic carbocycles. The first-order valence-corrected chi connectivity index (χ1v) is 12.2. The maximum Gasteiger partial charge on any atom is 0.261 e. The highest BCUT2D eigenvalue weighted by Crippen LogP contribution is 2.26. The molecule has 0 aliphatic rings. The van der Waals surface area contributed by atoms with Gasteiger partial charge in [0.1, 0.15) is 11.8 Å². The second kappa shape index (κ2) is 13.3. The molecule has 174 valence electrons. The lowest BCUT2D eigenvalue weighted by Crippen LogP contribution is -2.50. The van der Waals surface area contributed by atoms with Gasteiger partial charge in [-0.15, -0.1) is 0 Å². The number of benzene rings is 2. The smallest absolute Gasteiger partial charge is 0.261 e. The molecule has 2 amide bonds. The molecule has 0 saturated carbocycles. The second-order valence-corrected chi connectivity index (χ2v) is 8.84. The Hall–Kier alpha value is -2.34. The average molecular weight is 503 g/mol. The molecule has 0 heterocycles. The average Bonchev–Trinajstić information content (AvgIpc) is 2.79. The zero-order valence-corrected chi connectivity index (χ0v) is 21.2. The summed E-state index contributed by atoms with van der Waals surface area (Å²) in [4.78, 5) is 27.8. The summed E-state index contributed by atoms with van der Waals surface area (Å²) in [6, 6.07) is 13.3. The summed E-state index contributed by atoms with van der Waals surface area (Å²) in [6.07, 6.45) is 3.37. The minimum Gasteiger partial charge on any atom is -0.483 e. The zero-order chi connectivity index (χ0) is 23.5. The predicted molar refractivity (Wildman–Crippen MR) is 133 cm³/mol. The van der Waals surface area contributed by atoms with Crippen LogP contribution in [-0.2, 0) is 22.6 Å². The third kappa shape index (κ3) is 7.66. The van der Waals surface area contributed by atoms with Crippen LogP contribution in [0.2, 0.25) is 0 Å². The summed E-state index contributed by atoms with van der Waals surface area (Å²) in [7, 11) is 0. The van der Waals surface area contributed by atoms with Gasteiger partial charge in [-0.2, -0.15) is 0 Å². The lowest BCUT2D eigenvalue weighted by Gasteiger charge is -2.30. The van der Waals surface area contributed by atoms with Crippen molar-refractivity contribution in [3.63, 3.8) is 0 Å². The monoisotopic (exact) mass is 502 g/mol. The van der Waals surface area contributed by atoms with Crippen LogP contribution in [0, 0.1) is 6.92 Å². The summed E-state index contributed by atoms with van der Waals surface area (Å²) in [5, 5.41) is 2.98. The van der Waals surface area contributed by atoms with Gasteiger partial charge in [-0.25, -0.2) is 0 Å². The Bertz CT molecular complexity index is 883.